The number of amides is 2. The number of carbonyl (C=O) groups is 2. The molecule has 0 aliphatic heterocycles. The number of sulfone groups is 1. The topological polar surface area (TPSA) is 102 Å². The molecule has 0 aliphatic carbocycles. The Hall–Kier alpha value is -2.29. The van der Waals surface area contributed by atoms with Gasteiger partial charge in [0, 0.05) is 23.3 Å². The van der Waals surface area contributed by atoms with Crippen LogP contribution in [-0.2, 0) is 14.6 Å². The molecular formula is C19H20Cl2N2O5S. The second-order valence-corrected chi connectivity index (χ2v) is 9.14. The maximum absolute atomic E-state index is 12.3. The van der Waals surface area contributed by atoms with Crippen molar-refractivity contribution in [3.63, 3.8) is 0 Å². The zero-order valence-corrected chi connectivity index (χ0v) is 18.1. The normalized spacial score (nSPS) is 11.0. The lowest BCUT2D eigenvalue weighted by molar-refractivity contribution is -0.122. The maximum Gasteiger partial charge on any atom is 0.269 e. The van der Waals surface area contributed by atoms with Crippen LogP contribution in [0.5, 0.6) is 5.75 Å². The molecule has 0 fully saturated rings. The van der Waals surface area contributed by atoms with Gasteiger partial charge in [-0.05, 0) is 49.2 Å². The zero-order chi connectivity index (χ0) is 21.6. The van der Waals surface area contributed by atoms with Crippen LogP contribution in [0.1, 0.15) is 28.8 Å². The Morgan fingerprint density at radius 2 is 1.79 bits per heavy atom. The van der Waals surface area contributed by atoms with Crippen LogP contribution in [0.3, 0.4) is 0 Å². The van der Waals surface area contributed by atoms with Crippen molar-refractivity contribution in [2.24, 2.45) is 0 Å². The second-order valence-electron chi connectivity index (χ2n) is 6.28. The van der Waals surface area contributed by atoms with E-state index in [1.807, 2.05) is 0 Å². The highest BCUT2D eigenvalue weighted by Gasteiger charge is 2.15. The van der Waals surface area contributed by atoms with Crippen molar-refractivity contribution in [3.05, 3.63) is 57.6 Å². The van der Waals surface area contributed by atoms with E-state index in [0.29, 0.717) is 27.8 Å². The van der Waals surface area contributed by atoms with Crippen LogP contribution in [0.4, 0.5) is 0 Å². The van der Waals surface area contributed by atoms with Crippen molar-refractivity contribution in [2.45, 2.75) is 24.7 Å². The molecule has 29 heavy (non-hydrogen) atoms. The lowest BCUT2D eigenvalue weighted by Crippen LogP contribution is -2.41. The van der Waals surface area contributed by atoms with Crippen LogP contribution in [0, 0.1) is 6.92 Å². The van der Waals surface area contributed by atoms with Crippen LogP contribution in [-0.4, -0.2) is 33.1 Å². The highest BCUT2D eigenvalue weighted by Crippen LogP contribution is 2.27. The molecule has 0 aromatic heterocycles. The summed E-state index contributed by atoms with van der Waals surface area (Å²) in [7, 11) is -3.45. The summed E-state index contributed by atoms with van der Waals surface area (Å²) >= 11 is 11.8. The van der Waals surface area contributed by atoms with E-state index in [9.17, 15) is 18.0 Å². The molecule has 0 heterocycles. The number of hydrogen-bond donors (Lipinski definition) is 2. The van der Waals surface area contributed by atoms with Gasteiger partial charge in [0.1, 0.15) is 5.75 Å². The molecule has 0 saturated carbocycles. The lowest BCUT2D eigenvalue weighted by atomic mass is 10.1. The molecule has 10 heteroatoms. The summed E-state index contributed by atoms with van der Waals surface area (Å²) < 4.78 is 28.8. The molecule has 2 amide bonds. The van der Waals surface area contributed by atoms with Crippen LogP contribution >= 0.6 is 23.2 Å². The van der Waals surface area contributed by atoms with E-state index in [2.05, 4.69) is 10.9 Å². The fourth-order valence-electron chi connectivity index (χ4n) is 2.34. The molecule has 0 atom stereocenters. The average Bonchev–Trinajstić information content (AvgIpc) is 2.64. The number of aryl methyl sites for hydroxylation is 1. The van der Waals surface area contributed by atoms with Gasteiger partial charge in [-0.1, -0.05) is 29.3 Å². The fraction of sp³-hybridized carbons (Fsp3) is 0.263. The number of nitrogens with one attached hydrogen (secondary N) is 2. The Bertz CT molecular complexity index is 1030. The number of hydrogen-bond acceptors (Lipinski definition) is 5. The lowest BCUT2D eigenvalue weighted by Gasteiger charge is -2.11. The highest BCUT2D eigenvalue weighted by molar-refractivity contribution is 7.90. The van der Waals surface area contributed by atoms with Crippen molar-refractivity contribution < 1.29 is 22.7 Å². The van der Waals surface area contributed by atoms with Gasteiger partial charge in [-0.15, -0.1) is 0 Å². The number of benzene rings is 2. The maximum atomic E-state index is 12.3. The molecular weight excluding hydrogens is 439 g/mol. The fourth-order valence-corrected chi connectivity index (χ4v) is 3.45. The van der Waals surface area contributed by atoms with Gasteiger partial charge in [-0.25, -0.2) is 8.42 Å². The molecule has 2 rings (SSSR count). The first kappa shape index (κ1) is 23.0. The van der Waals surface area contributed by atoms with E-state index in [-0.39, 0.29) is 23.5 Å². The van der Waals surface area contributed by atoms with Crippen molar-refractivity contribution in [1.29, 1.82) is 0 Å². The average molecular weight is 459 g/mol. The minimum atomic E-state index is -3.45. The van der Waals surface area contributed by atoms with E-state index < -0.39 is 21.7 Å². The van der Waals surface area contributed by atoms with Gasteiger partial charge in [0.2, 0.25) is 5.91 Å². The number of carbonyl (C=O) groups excluding carboxylic acids is 2. The number of halogens is 2. The Morgan fingerprint density at radius 3 is 2.45 bits per heavy atom. The van der Waals surface area contributed by atoms with Gasteiger partial charge >= 0.3 is 0 Å². The van der Waals surface area contributed by atoms with Crippen molar-refractivity contribution in [1.82, 2.24) is 10.9 Å². The van der Waals surface area contributed by atoms with Gasteiger partial charge in [0.25, 0.3) is 5.91 Å². The second kappa shape index (κ2) is 9.96. The molecule has 0 unspecified atom stereocenters. The van der Waals surface area contributed by atoms with Crippen molar-refractivity contribution >= 4 is 44.9 Å². The SMILES string of the molecule is Cc1ccc(S(C)(=O)=O)cc1C(=O)NNC(=O)CCCOc1ccc(Cl)cc1Cl. The van der Waals surface area contributed by atoms with E-state index in [1.54, 1.807) is 25.1 Å². The molecule has 0 bridgehead atoms. The number of ether oxygens (including phenoxy) is 1. The van der Waals surface area contributed by atoms with Gasteiger partial charge < -0.3 is 4.74 Å². The van der Waals surface area contributed by atoms with Gasteiger partial charge in [0.15, 0.2) is 9.84 Å². The van der Waals surface area contributed by atoms with Crippen molar-refractivity contribution in [3.8, 4) is 5.75 Å². The Labute approximate surface area is 179 Å². The van der Waals surface area contributed by atoms with Crippen LogP contribution < -0.4 is 15.6 Å². The summed E-state index contributed by atoms with van der Waals surface area (Å²) in [4.78, 5) is 24.2. The van der Waals surface area contributed by atoms with Crippen molar-refractivity contribution in [2.75, 3.05) is 12.9 Å². The molecule has 7 nitrogen and oxygen atoms in total. The standard InChI is InChI=1S/C19H20Cl2N2O5S/c1-12-5-7-14(29(2,26)27)11-15(12)19(25)23-22-18(24)4-3-9-28-17-8-6-13(20)10-16(17)21/h5-8,10-11H,3-4,9H2,1-2H3,(H,22,24)(H,23,25). The first-order valence-electron chi connectivity index (χ1n) is 8.55. The minimum Gasteiger partial charge on any atom is -0.492 e. The van der Waals surface area contributed by atoms with Gasteiger partial charge in [0.05, 0.1) is 16.5 Å². The number of rotatable bonds is 7. The molecule has 0 spiro atoms. The molecule has 0 saturated heterocycles. The van der Waals surface area contributed by atoms with E-state index in [1.165, 1.54) is 18.2 Å². The third-order valence-electron chi connectivity index (χ3n) is 3.90. The quantitative estimate of drug-likeness (QED) is 0.489. The monoisotopic (exact) mass is 458 g/mol. The molecule has 156 valence electrons. The molecule has 2 N–H and O–H groups in total. The largest absolute Gasteiger partial charge is 0.492 e. The summed E-state index contributed by atoms with van der Waals surface area (Å²) in [5.41, 5.74) is 5.32. The summed E-state index contributed by atoms with van der Waals surface area (Å²) in [5, 5.41) is 0.871. The third kappa shape index (κ3) is 6.92. The third-order valence-corrected chi connectivity index (χ3v) is 5.54. The Balaban J connectivity index is 1.81. The number of hydrazine groups is 1. The summed E-state index contributed by atoms with van der Waals surface area (Å²) in [5.74, 6) is -0.558. The smallest absolute Gasteiger partial charge is 0.269 e. The van der Waals surface area contributed by atoms with Crippen LogP contribution in [0.15, 0.2) is 41.3 Å². The van der Waals surface area contributed by atoms with E-state index in [0.717, 1.165) is 6.26 Å². The predicted molar refractivity (Wildman–Crippen MR) is 111 cm³/mol. The first-order valence-corrected chi connectivity index (χ1v) is 11.2. The minimum absolute atomic E-state index is 0.0255. The summed E-state index contributed by atoms with van der Waals surface area (Å²) in [6.45, 7) is 1.92. The van der Waals surface area contributed by atoms with Gasteiger partial charge in [-0.2, -0.15) is 0 Å². The molecule has 0 radical (unpaired) electrons. The van der Waals surface area contributed by atoms with Gasteiger partial charge in [-0.3, -0.25) is 20.4 Å². The zero-order valence-electron chi connectivity index (χ0n) is 15.8. The molecule has 0 aliphatic rings. The predicted octanol–water partition coefficient (Wildman–Crippen LogP) is 3.33. The summed E-state index contributed by atoms with van der Waals surface area (Å²) in [6, 6.07) is 9.07. The Kier molecular flexibility index (Phi) is 7.89. The highest BCUT2D eigenvalue weighted by atomic mass is 35.5. The van der Waals surface area contributed by atoms with Crippen LogP contribution in [0.2, 0.25) is 10.0 Å². The molecule has 2 aromatic rings. The van der Waals surface area contributed by atoms with Crippen LogP contribution in [0.25, 0.3) is 0 Å². The van der Waals surface area contributed by atoms with E-state index >= 15 is 0 Å². The first-order chi connectivity index (χ1) is 13.6. The summed E-state index contributed by atoms with van der Waals surface area (Å²) in [6.07, 6.45) is 1.55. The Morgan fingerprint density at radius 1 is 1.07 bits per heavy atom. The molecule has 2 aromatic carbocycles. The van der Waals surface area contributed by atoms with E-state index in [4.69, 9.17) is 27.9 Å².